The van der Waals surface area contributed by atoms with Gasteiger partial charge in [0.1, 0.15) is 0 Å². The third-order valence-electron chi connectivity index (χ3n) is 2.44. The van der Waals surface area contributed by atoms with Crippen molar-refractivity contribution in [2.24, 2.45) is 0 Å². The van der Waals surface area contributed by atoms with E-state index in [2.05, 4.69) is 9.68 Å². The Morgan fingerprint density at radius 2 is 2.37 bits per heavy atom. The Kier molecular flexibility index (Phi) is 4.52. The van der Waals surface area contributed by atoms with Gasteiger partial charge in [-0.05, 0) is 25.3 Å². The molecule has 6 nitrogen and oxygen atoms in total. The van der Waals surface area contributed by atoms with Gasteiger partial charge in [0.15, 0.2) is 5.82 Å². The van der Waals surface area contributed by atoms with Gasteiger partial charge in [-0.1, -0.05) is 11.2 Å². The topological polar surface area (TPSA) is 77.5 Å². The van der Waals surface area contributed by atoms with E-state index in [4.69, 9.17) is 4.74 Å². The standard InChI is InChI=1S/C12H16N2O4S/c1-8(2)17-7-9(15)6-14-11(13-18-12(14)16)10-4-3-5-19-10/h3-5,8-9,15H,6-7H2,1-2H3. The Morgan fingerprint density at radius 3 is 3.00 bits per heavy atom. The first-order chi connectivity index (χ1) is 9.08. The summed E-state index contributed by atoms with van der Waals surface area (Å²) in [5, 5.41) is 15.5. The molecule has 0 radical (unpaired) electrons. The van der Waals surface area contributed by atoms with Crippen molar-refractivity contribution in [1.29, 1.82) is 0 Å². The lowest BCUT2D eigenvalue weighted by Gasteiger charge is -2.13. The lowest BCUT2D eigenvalue weighted by atomic mass is 10.3. The highest BCUT2D eigenvalue weighted by atomic mass is 32.1. The summed E-state index contributed by atoms with van der Waals surface area (Å²) in [4.78, 5) is 12.4. The van der Waals surface area contributed by atoms with Crippen LogP contribution in [-0.4, -0.2) is 33.6 Å². The first-order valence-corrected chi connectivity index (χ1v) is 6.86. The molecule has 0 aliphatic rings. The minimum Gasteiger partial charge on any atom is -0.389 e. The maximum Gasteiger partial charge on any atom is 0.441 e. The molecule has 1 unspecified atom stereocenters. The predicted molar refractivity (Wildman–Crippen MR) is 71.2 cm³/mol. The van der Waals surface area contributed by atoms with Gasteiger partial charge in [-0.3, -0.25) is 9.09 Å². The molecule has 104 valence electrons. The van der Waals surface area contributed by atoms with Crippen LogP contribution >= 0.6 is 11.3 Å². The zero-order valence-corrected chi connectivity index (χ0v) is 11.6. The maximum absolute atomic E-state index is 11.6. The van der Waals surface area contributed by atoms with Crippen LogP contribution in [0.3, 0.4) is 0 Å². The van der Waals surface area contributed by atoms with Gasteiger partial charge in [-0.25, -0.2) is 4.79 Å². The van der Waals surface area contributed by atoms with E-state index in [1.54, 1.807) is 0 Å². The Labute approximate surface area is 114 Å². The molecule has 0 aromatic carbocycles. The van der Waals surface area contributed by atoms with E-state index in [0.717, 1.165) is 4.88 Å². The summed E-state index contributed by atoms with van der Waals surface area (Å²) >= 11 is 1.45. The van der Waals surface area contributed by atoms with Crippen molar-refractivity contribution in [2.45, 2.75) is 32.6 Å². The molecule has 0 aliphatic carbocycles. The summed E-state index contributed by atoms with van der Waals surface area (Å²) in [6.45, 7) is 4.03. The predicted octanol–water partition coefficient (Wildman–Crippen LogP) is 1.35. The molecule has 0 fully saturated rings. The highest BCUT2D eigenvalue weighted by Gasteiger charge is 2.17. The summed E-state index contributed by atoms with van der Waals surface area (Å²) in [5.74, 6) is -0.143. The van der Waals surface area contributed by atoms with Gasteiger partial charge in [0, 0.05) is 0 Å². The molecule has 2 heterocycles. The number of aromatic nitrogens is 2. The number of aliphatic hydroxyl groups excluding tert-OH is 1. The number of hydrogen-bond donors (Lipinski definition) is 1. The Hall–Kier alpha value is -1.44. The molecule has 0 saturated heterocycles. The number of nitrogens with zero attached hydrogens (tertiary/aromatic N) is 2. The van der Waals surface area contributed by atoms with Crippen LogP contribution in [0, 0.1) is 0 Å². The molecule has 2 rings (SSSR count). The molecular weight excluding hydrogens is 268 g/mol. The second kappa shape index (κ2) is 6.14. The zero-order chi connectivity index (χ0) is 13.8. The van der Waals surface area contributed by atoms with Gasteiger partial charge in [-0.15, -0.1) is 11.3 Å². The van der Waals surface area contributed by atoms with Crippen molar-refractivity contribution >= 4 is 11.3 Å². The van der Waals surface area contributed by atoms with Crippen molar-refractivity contribution < 1.29 is 14.4 Å². The van der Waals surface area contributed by atoms with Gasteiger partial charge in [0.25, 0.3) is 0 Å². The number of ether oxygens (including phenoxy) is 1. The van der Waals surface area contributed by atoms with Gasteiger partial charge >= 0.3 is 5.76 Å². The van der Waals surface area contributed by atoms with Gasteiger partial charge < -0.3 is 9.84 Å². The van der Waals surface area contributed by atoms with Crippen LogP contribution in [0.1, 0.15) is 13.8 Å². The third kappa shape index (κ3) is 3.52. The van der Waals surface area contributed by atoms with Crippen LogP contribution in [0.4, 0.5) is 0 Å². The first-order valence-electron chi connectivity index (χ1n) is 5.98. The number of hydrogen-bond acceptors (Lipinski definition) is 6. The summed E-state index contributed by atoms with van der Waals surface area (Å²) in [6, 6.07) is 3.71. The van der Waals surface area contributed by atoms with Crippen LogP contribution in [0.15, 0.2) is 26.8 Å². The van der Waals surface area contributed by atoms with E-state index >= 15 is 0 Å². The second-order valence-corrected chi connectivity index (χ2v) is 5.34. The summed E-state index contributed by atoms with van der Waals surface area (Å²) in [7, 11) is 0. The van der Waals surface area contributed by atoms with Crippen molar-refractivity contribution in [1.82, 2.24) is 9.72 Å². The number of rotatable bonds is 6. The molecule has 2 aromatic heterocycles. The zero-order valence-electron chi connectivity index (χ0n) is 10.8. The Balaban J connectivity index is 2.12. The Bertz CT molecular complexity index is 559. The molecule has 7 heteroatoms. The third-order valence-corrected chi connectivity index (χ3v) is 3.31. The quantitative estimate of drug-likeness (QED) is 0.866. The molecule has 1 N–H and O–H groups in total. The van der Waals surface area contributed by atoms with Crippen LogP contribution in [0.5, 0.6) is 0 Å². The smallest absolute Gasteiger partial charge is 0.389 e. The fourth-order valence-electron chi connectivity index (χ4n) is 1.58. The van der Waals surface area contributed by atoms with E-state index in [0.29, 0.717) is 5.82 Å². The summed E-state index contributed by atoms with van der Waals surface area (Å²) in [6.07, 6.45) is -0.746. The molecule has 0 bridgehead atoms. The highest BCUT2D eigenvalue weighted by Crippen LogP contribution is 2.21. The van der Waals surface area contributed by atoms with Crippen molar-refractivity contribution in [3.8, 4) is 10.7 Å². The molecule has 1 atom stereocenters. The molecule has 0 spiro atoms. The van der Waals surface area contributed by atoms with Gasteiger partial charge in [-0.2, -0.15) is 0 Å². The molecule has 0 aliphatic heterocycles. The summed E-state index contributed by atoms with van der Waals surface area (Å²) < 4.78 is 11.3. The second-order valence-electron chi connectivity index (χ2n) is 4.40. The number of thiophene rings is 1. The van der Waals surface area contributed by atoms with Crippen LogP contribution in [0.2, 0.25) is 0 Å². The average molecular weight is 284 g/mol. The fraction of sp³-hybridized carbons (Fsp3) is 0.500. The minimum atomic E-state index is -0.779. The molecule has 19 heavy (non-hydrogen) atoms. The normalized spacial score (nSPS) is 13.1. The summed E-state index contributed by atoms with van der Waals surface area (Å²) in [5.41, 5.74) is 0. The van der Waals surface area contributed by atoms with E-state index < -0.39 is 11.9 Å². The largest absolute Gasteiger partial charge is 0.441 e. The van der Waals surface area contributed by atoms with E-state index in [1.165, 1.54) is 15.9 Å². The fourth-order valence-corrected chi connectivity index (χ4v) is 2.29. The SMILES string of the molecule is CC(C)OCC(O)Cn1c(-c2cccs2)noc1=O. The molecule has 0 saturated carbocycles. The molecular formula is C12H16N2O4S. The first kappa shape index (κ1) is 14.0. The van der Waals surface area contributed by atoms with Crippen molar-refractivity contribution in [2.75, 3.05) is 6.61 Å². The monoisotopic (exact) mass is 284 g/mol. The highest BCUT2D eigenvalue weighted by molar-refractivity contribution is 7.13. The van der Waals surface area contributed by atoms with Gasteiger partial charge in [0.05, 0.1) is 30.2 Å². The molecule has 2 aromatic rings. The molecule has 0 amide bonds. The average Bonchev–Trinajstić information content (AvgIpc) is 2.98. The number of aliphatic hydroxyl groups is 1. The minimum absolute atomic E-state index is 0.0330. The van der Waals surface area contributed by atoms with Crippen LogP contribution in [0.25, 0.3) is 10.7 Å². The Morgan fingerprint density at radius 1 is 1.58 bits per heavy atom. The van der Waals surface area contributed by atoms with Crippen molar-refractivity contribution in [3.05, 3.63) is 28.1 Å². The van der Waals surface area contributed by atoms with E-state index in [-0.39, 0.29) is 19.3 Å². The van der Waals surface area contributed by atoms with E-state index in [9.17, 15) is 9.90 Å². The maximum atomic E-state index is 11.6. The van der Waals surface area contributed by atoms with Crippen LogP contribution in [-0.2, 0) is 11.3 Å². The lowest BCUT2D eigenvalue weighted by molar-refractivity contribution is -0.00119. The van der Waals surface area contributed by atoms with Crippen molar-refractivity contribution in [3.63, 3.8) is 0 Å². The lowest BCUT2D eigenvalue weighted by Crippen LogP contribution is -2.28. The van der Waals surface area contributed by atoms with Gasteiger partial charge in [0.2, 0.25) is 0 Å². The van der Waals surface area contributed by atoms with Crippen LogP contribution < -0.4 is 5.76 Å². The van der Waals surface area contributed by atoms with E-state index in [1.807, 2.05) is 31.4 Å².